The Morgan fingerprint density at radius 3 is 2.39 bits per heavy atom. The molecule has 2 rings (SSSR count). The molecule has 0 heterocycles. The van der Waals surface area contributed by atoms with E-state index in [1.165, 1.54) is 5.56 Å². The summed E-state index contributed by atoms with van der Waals surface area (Å²) in [6, 6.07) is 14.0. The van der Waals surface area contributed by atoms with Crippen LogP contribution < -0.4 is 5.32 Å². The summed E-state index contributed by atoms with van der Waals surface area (Å²) in [5.41, 5.74) is 3.41. The molecule has 0 aliphatic rings. The van der Waals surface area contributed by atoms with Gasteiger partial charge in [-0.1, -0.05) is 41.4 Å². The van der Waals surface area contributed by atoms with Crippen LogP contribution in [0.3, 0.4) is 0 Å². The minimum absolute atomic E-state index is 0.260. The van der Waals surface area contributed by atoms with Crippen LogP contribution in [0.4, 0.5) is 0 Å². The van der Waals surface area contributed by atoms with Crippen LogP contribution >= 0.6 is 23.2 Å². The van der Waals surface area contributed by atoms with Crippen molar-refractivity contribution < 1.29 is 0 Å². The Morgan fingerprint density at radius 1 is 1.00 bits per heavy atom. The number of halogens is 2. The smallest absolute Gasteiger partial charge is 0.0412 e. The van der Waals surface area contributed by atoms with Gasteiger partial charge in [0.25, 0.3) is 0 Å². The summed E-state index contributed by atoms with van der Waals surface area (Å²) in [6.07, 6.45) is 0. The van der Waals surface area contributed by atoms with Crippen molar-refractivity contribution in [2.75, 3.05) is 7.05 Å². The Kier molecular flexibility index (Phi) is 4.28. The van der Waals surface area contributed by atoms with E-state index in [2.05, 4.69) is 18.3 Å². The van der Waals surface area contributed by atoms with E-state index >= 15 is 0 Å². The molecule has 0 amide bonds. The SMILES string of the molecule is CNC(C)c1ccc(Cl)cc1-c1cccc(Cl)c1. The van der Waals surface area contributed by atoms with Crippen LogP contribution in [-0.4, -0.2) is 7.05 Å². The van der Waals surface area contributed by atoms with Gasteiger partial charge in [-0.3, -0.25) is 0 Å². The second kappa shape index (κ2) is 5.75. The van der Waals surface area contributed by atoms with Crippen molar-refractivity contribution in [2.45, 2.75) is 13.0 Å². The van der Waals surface area contributed by atoms with Gasteiger partial charge >= 0.3 is 0 Å². The lowest BCUT2D eigenvalue weighted by Gasteiger charge is -2.16. The summed E-state index contributed by atoms with van der Waals surface area (Å²) < 4.78 is 0. The summed E-state index contributed by atoms with van der Waals surface area (Å²) >= 11 is 12.2. The lowest BCUT2D eigenvalue weighted by molar-refractivity contribution is 0.654. The first kappa shape index (κ1) is 13.4. The Hall–Kier alpha value is -1.02. The molecule has 0 bridgehead atoms. The molecule has 2 aromatic rings. The monoisotopic (exact) mass is 279 g/mol. The van der Waals surface area contributed by atoms with E-state index in [4.69, 9.17) is 23.2 Å². The highest BCUT2D eigenvalue weighted by atomic mass is 35.5. The molecule has 1 N–H and O–H groups in total. The molecule has 18 heavy (non-hydrogen) atoms. The van der Waals surface area contributed by atoms with Crippen LogP contribution in [0.5, 0.6) is 0 Å². The van der Waals surface area contributed by atoms with Crippen LogP contribution in [0.1, 0.15) is 18.5 Å². The van der Waals surface area contributed by atoms with Gasteiger partial charge in [-0.25, -0.2) is 0 Å². The van der Waals surface area contributed by atoms with Gasteiger partial charge in [0, 0.05) is 16.1 Å². The van der Waals surface area contributed by atoms with Gasteiger partial charge in [0.05, 0.1) is 0 Å². The van der Waals surface area contributed by atoms with E-state index in [1.807, 2.05) is 43.4 Å². The van der Waals surface area contributed by atoms with Gasteiger partial charge in [0.1, 0.15) is 0 Å². The summed E-state index contributed by atoms with van der Waals surface area (Å²) in [7, 11) is 1.95. The zero-order chi connectivity index (χ0) is 13.1. The number of hydrogen-bond acceptors (Lipinski definition) is 1. The van der Waals surface area contributed by atoms with Gasteiger partial charge in [-0.15, -0.1) is 0 Å². The summed E-state index contributed by atoms with van der Waals surface area (Å²) in [5.74, 6) is 0. The average Bonchev–Trinajstić information content (AvgIpc) is 2.38. The largest absolute Gasteiger partial charge is 0.313 e. The van der Waals surface area contributed by atoms with Crippen molar-refractivity contribution in [3.63, 3.8) is 0 Å². The predicted octanol–water partition coefficient (Wildman–Crippen LogP) is 4.94. The normalized spacial score (nSPS) is 12.4. The van der Waals surface area contributed by atoms with E-state index in [-0.39, 0.29) is 6.04 Å². The second-order valence-corrected chi connectivity index (χ2v) is 5.13. The third-order valence-electron chi connectivity index (χ3n) is 3.05. The van der Waals surface area contributed by atoms with E-state index in [0.717, 1.165) is 21.2 Å². The fourth-order valence-electron chi connectivity index (χ4n) is 1.97. The first-order chi connectivity index (χ1) is 8.61. The van der Waals surface area contributed by atoms with Gasteiger partial charge in [0.2, 0.25) is 0 Å². The highest BCUT2D eigenvalue weighted by Gasteiger charge is 2.11. The highest BCUT2D eigenvalue weighted by molar-refractivity contribution is 6.31. The quantitative estimate of drug-likeness (QED) is 0.839. The molecule has 0 spiro atoms. The van der Waals surface area contributed by atoms with Crippen LogP contribution in [0, 0.1) is 0 Å². The number of benzene rings is 2. The van der Waals surface area contributed by atoms with Crippen molar-refractivity contribution in [3.05, 3.63) is 58.1 Å². The number of nitrogens with one attached hydrogen (secondary N) is 1. The number of rotatable bonds is 3. The molecule has 0 radical (unpaired) electrons. The maximum Gasteiger partial charge on any atom is 0.0412 e. The summed E-state index contributed by atoms with van der Waals surface area (Å²) in [6.45, 7) is 2.12. The molecule has 0 aliphatic carbocycles. The maximum atomic E-state index is 6.10. The topological polar surface area (TPSA) is 12.0 Å². The molecule has 0 aromatic heterocycles. The molecular formula is C15H15Cl2N. The second-order valence-electron chi connectivity index (χ2n) is 4.25. The average molecular weight is 280 g/mol. The molecule has 94 valence electrons. The predicted molar refractivity (Wildman–Crippen MR) is 79.4 cm³/mol. The standard InChI is InChI=1S/C15H15Cl2N/c1-10(18-2)14-7-6-13(17)9-15(14)11-4-3-5-12(16)8-11/h3-10,18H,1-2H3. The minimum atomic E-state index is 0.260. The first-order valence-electron chi connectivity index (χ1n) is 5.84. The van der Waals surface area contributed by atoms with Crippen LogP contribution in [0.15, 0.2) is 42.5 Å². The van der Waals surface area contributed by atoms with Crippen molar-refractivity contribution in [3.8, 4) is 11.1 Å². The zero-order valence-corrected chi connectivity index (χ0v) is 11.9. The van der Waals surface area contributed by atoms with Crippen LogP contribution in [0.25, 0.3) is 11.1 Å². The van der Waals surface area contributed by atoms with E-state index in [0.29, 0.717) is 0 Å². The fraction of sp³-hybridized carbons (Fsp3) is 0.200. The Morgan fingerprint density at radius 2 is 1.72 bits per heavy atom. The van der Waals surface area contributed by atoms with Crippen molar-refractivity contribution in [1.29, 1.82) is 0 Å². The van der Waals surface area contributed by atoms with Crippen LogP contribution in [-0.2, 0) is 0 Å². The fourth-order valence-corrected chi connectivity index (χ4v) is 2.33. The molecule has 1 unspecified atom stereocenters. The Balaban J connectivity index is 2.58. The minimum Gasteiger partial charge on any atom is -0.313 e. The molecule has 1 atom stereocenters. The maximum absolute atomic E-state index is 6.10. The van der Waals surface area contributed by atoms with Crippen molar-refractivity contribution in [1.82, 2.24) is 5.32 Å². The zero-order valence-electron chi connectivity index (χ0n) is 10.4. The third-order valence-corrected chi connectivity index (χ3v) is 3.52. The number of hydrogen-bond donors (Lipinski definition) is 1. The molecule has 3 heteroatoms. The molecule has 0 saturated carbocycles. The molecule has 2 aromatic carbocycles. The Labute approximate surface area is 118 Å². The van der Waals surface area contributed by atoms with Crippen molar-refractivity contribution in [2.24, 2.45) is 0 Å². The van der Waals surface area contributed by atoms with Gasteiger partial charge in [0.15, 0.2) is 0 Å². The van der Waals surface area contributed by atoms with Gasteiger partial charge < -0.3 is 5.32 Å². The Bertz CT molecular complexity index is 552. The first-order valence-corrected chi connectivity index (χ1v) is 6.60. The third kappa shape index (κ3) is 2.86. The van der Waals surface area contributed by atoms with Gasteiger partial charge in [-0.2, -0.15) is 0 Å². The van der Waals surface area contributed by atoms with Crippen LogP contribution in [0.2, 0.25) is 10.0 Å². The highest BCUT2D eigenvalue weighted by Crippen LogP contribution is 2.32. The van der Waals surface area contributed by atoms with Gasteiger partial charge in [-0.05, 0) is 54.9 Å². The summed E-state index contributed by atoms with van der Waals surface area (Å²) in [4.78, 5) is 0. The lowest BCUT2D eigenvalue weighted by Crippen LogP contribution is -2.13. The summed E-state index contributed by atoms with van der Waals surface area (Å²) in [5, 5.41) is 4.71. The molecule has 0 fully saturated rings. The van der Waals surface area contributed by atoms with E-state index in [9.17, 15) is 0 Å². The molecule has 0 aliphatic heterocycles. The lowest BCUT2D eigenvalue weighted by atomic mass is 9.95. The van der Waals surface area contributed by atoms with Crippen molar-refractivity contribution >= 4 is 23.2 Å². The molecule has 1 nitrogen and oxygen atoms in total. The molecular weight excluding hydrogens is 265 g/mol. The molecule has 0 saturated heterocycles. The van der Waals surface area contributed by atoms with E-state index in [1.54, 1.807) is 0 Å². The van der Waals surface area contributed by atoms with E-state index < -0.39 is 0 Å².